The van der Waals surface area contributed by atoms with Gasteiger partial charge >= 0.3 is 0 Å². The molecule has 0 aliphatic carbocycles. The molecule has 6 nitrogen and oxygen atoms in total. The Kier molecular flexibility index (Phi) is 4.47. The quantitative estimate of drug-likeness (QED) is 0.673. The summed E-state index contributed by atoms with van der Waals surface area (Å²) in [5.41, 5.74) is 4.13. The van der Waals surface area contributed by atoms with Crippen molar-refractivity contribution in [1.29, 1.82) is 0 Å². The molecule has 1 amide bonds. The van der Waals surface area contributed by atoms with E-state index in [0.717, 1.165) is 22.7 Å². The molecule has 6 heteroatoms. The van der Waals surface area contributed by atoms with Crippen LogP contribution in [0, 0.1) is 0 Å². The maximum Gasteiger partial charge on any atom is 0.275 e. The molecule has 1 heterocycles. The first-order chi connectivity index (χ1) is 11.6. The maximum atomic E-state index is 12.1. The van der Waals surface area contributed by atoms with Gasteiger partial charge in [-0.25, -0.2) is 4.98 Å². The zero-order valence-electron chi connectivity index (χ0n) is 13.6. The van der Waals surface area contributed by atoms with Crippen LogP contribution in [-0.4, -0.2) is 22.5 Å². The Labute approximate surface area is 140 Å². The first-order valence-electron chi connectivity index (χ1n) is 7.58. The summed E-state index contributed by atoms with van der Waals surface area (Å²) in [4.78, 5) is 16.1. The molecule has 1 aromatic heterocycles. The molecule has 24 heavy (non-hydrogen) atoms. The number of hydrogen-bond acceptors (Lipinski definition) is 4. The van der Waals surface area contributed by atoms with Gasteiger partial charge in [-0.3, -0.25) is 4.79 Å². The van der Waals surface area contributed by atoms with Crippen molar-refractivity contribution >= 4 is 28.7 Å². The summed E-state index contributed by atoms with van der Waals surface area (Å²) in [7, 11) is 3.72. The van der Waals surface area contributed by atoms with Crippen LogP contribution < -0.4 is 16.0 Å². The molecule has 0 atom stereocenters. The second-order valence-corrected chi connectivity index (χ2v) is 5.41. The lowest BCUT2D eigenvalue weighted by atomic mass is 10.2. The van der Waals surface area contributed by atoms with E-state index in [1.165, 1.54) is 0 Å². The molecule has 0 bridgehead atoms. The number of imidazole rings is 1. The molecule has 3 N–H and O–H groups in total. The van der Waals surface area contributed by atoms with E-state index in [4.69, 9.17) is 0 Å². The Morgan fingerprint density at radius 2 is 1.46 bits per heavy atom. The highest BCUT2D eigenvalue weighted by molar-refractivity contribution is 6.02. The van der Waals surface area contributed by atoms with Crippen molar-refractivity contribution in [3.8, 4) is 0 Å². The highest BCUT2D eigenvalue weighted by Gasteiger charge is 2.08. The van der Waals surface area contributed by atoms with Gasteiger partial charge in [0, 0.05) is 43.0 Å². The molecule has 122 valence electrons. The zero-order chi connectivity index (χ0) is 16.9. The lowest BCUT2D eigenvalue weighted by Gasteiger charge is -2.09. The van der Waals surface area contributed by atoms with E-state index < -0.39 is 0 Å². The van der Waals surface area contributed by atoms with Crippen molar-refractivity contribution < 1.29 is 4.79 Å². The third-order valence-electron chi connectivity index (χ3n) is 3.54. The highest BCUT2D eigenvalue weighted by atomic mass is 16.1. The molecule has 0 spiro atoms. The van der Waals surface area contributed by atoms with E-state index in [9.17, 15) is 4.79 Å². The van der Waals surface area contributed by atoms with Crippen LogP contribution in [0.4, 0.5) is 22.7 Å². The van der Waals surface area contributed by atoms with E-state index in [1.807, 2.05) is 62.6 Å². The molecule has 0 radical (unpaired) electrons. The Morgan fingerprint density at radius 1 is 0.917 bits per heavy atom. The van der Waals surface area contributed by atoms with Gasteiger partial charge < -0.3 is 20.5 Å². The second-order valence-electron chi connectivity index (χ2n) is 5.41. The van der Waals surface area contributed by atoms with Crippen LogP contribution in [0.1, 0.15) is 10.5 Å². The normalized spacial score (nSPS) is 10.2. The first kappa shape index (κ1) is 15.6. The number of nitrogens with one attached hydrogen (secondary N) is 3. The minimum absolute atomic E-state index is 0.223. The number of aromatic nitrogens is 2. The Bertz CT molecular complexity index is 821. The molecule has 0 saturated carbocycles. The van der Waals surface area contributed by atoms with Crippen molar-refractivity contribution in [3.63, 3.8) is 0 Å². The lowest BCUT2D eigenvalue weighted by Crippen LogP contribution is -2.12. The number of nitrogens with zero attached hydrogens (tertiary/aromatic N) is 2. The maximum absolute atomic E-state index is 12.1. The van der Waals surface area contributed by atoms with Gasteiger partial charge in [-0.05, 0) is 48.5 Å². The van der Waals surface area contributed by atoms with Crippen LogP contribution in [0.3, 0.4) is 0 Å². The van der Waals surface area contributed by atoms with Crippen LogP contribution in [0.25, 0.3) is 0 Å². The van der Waals surface area contributed by atoms with Crippen molar-refractivity contribution in [1.82, 2.24) is 9.55 Å². The van der Waals surface area contributed by atoms with Gasteiger partial charge in [-0.1, -0.05) is 0 Å². The molecule has 3 rings (SSSR count). The third kappa shape index (κ3) is 3.73. The fraction of sp³-hybridized carbons (Fsp3) is 0.111. The summed E-state index contributed by atoms with van der Waals surface area (Å²) in [5.74, 6) is -0.223. The largest absolute Gasteiger partial charge is 0.388 e. The van der Waals surface area contributed by atoms with E-state index in [-0.39, 0.29) is 5.91 Å². The molecule has 3 aromatic rings. The summed E-state index contributed by atoms with van der Waals surface area (Å²) < 4.78 is 1.74. The Morgan fingerprint density at radius 3 is 1.96 bits per heavy atom. The van der Waals surface area contributed by atoms with Gasteiger partial charge in [0.1, 0.15) is 5.69 Å². The molecule has 2 aromatic carbocycles. The van der Waals surface area contributed by atoms with Gasteiger partial charge in [0.05, 0.1) is 6.33 Å². The topological polar surface area (TPSA) is 71.0 Å². The summed E-state index contributed by atoms with van der Waals surface area (Å²) in [6, 6.07) is 15.6. The number of rotatable bonds is 5. The standard InChI is InChI=1S/C18H19N5O/c1-19-13-3-5-14(6-4-13)21-15-7-9-16(10-8-15)22-18(24)17-11-23(2)12-20-17/h3-12,19,21H,1-2H3,(H,22,24). The molecule has 0 unspecified atom stereocenters. The summed E-state index contributed by atoms with van der Waals surface area (Å²) in [5, 5.41) is 9.23. The van der Waals surface area contributed by atoms with E-state index >= 15 is 0 Å². The van der Waals surface area contributed by atoms with Gasteiger partial charge in [0.2, 0.25) is 0 Å². The van der Waals surface area contributed by atoms with Crippen LogP contribution in [0.5, 0.6) is 0 Å². The molecule has 0 fully saturated rings. The van der Waals surface area contributed by atoms with E-state index in [1.54, 1.807) is 17.1 Å². The van der Waals surface area contributed by atoms with Crippen molar-refractivity contribution in [2.45, 2.75) is 0 Å². The molecular formula is C18H19N5O. The van der Waals surface area contributed by atoms with Crippen LogP contribution in [0.15, 0.2) is 61.1 Å². The molecular weight excluding hydrogens is 302 g/mol. The third-order valence-corrected chi connectivity index (χ3v) is 3.54. The highest BCUT2D eigenvalue weighted by Crippen LogP contribution is 2.20. The first-order valence-corrected chi connectivity index (χ1v) is 7.58. The average Bonchev–Trinajstić information content (AvgIpc) is 3.04. The summed E-state index contributed by atoms with van der Waals surface area (Å²) in [6.07, 6.45) is 3.28. The van der Waals surface area contributed by atoms with Crippen LogP contribution in [0.2, 0.25) is 0 Å². The number of anilines is 4. The number of amides is 1. The van der Waals surface area contributed by atoms with Gasteiger partial charge in [0.15, 0.2) is 0 Å². The minimum atomic E-state index is -0.223. The second kappa shape index (κ2) is 6.87. The Balaban J connectivity index is 1.63. The number of carbonyl (C=O) groups excluding carboxylic acids is 1. The van der Waals surface area contributed by atoms with Gasteiger partial charge in [0.25, 0.3) is 5.91 Å². The van der Waals surface area contributed by atoms with E-state index in [0.29, 0.717) is 5.69 Å². The molecule has 0 aliphatic rings. The predicted octanol–water partition coefficient (Wildman–Crippen LogP) is 3.46. The molecule has 0 aliphatic heterocycles. The van der Waals surface area contributed by atoms with Crippen molar-refractivity contribution in [2.75, 3.05) is 23.0 Å². The number of hydrogen-bond donors (Lipinski definition) is 3. The minimum Gasteiger partial charge on any atom is -0.388 e. The number of benzene rings is 2. The van der Waals surface area contributed by atoms with E-state index in [2.05, 4.69) is 20.9 Å². The van der Waals surface area contributed by atoms with Crippen molar-refractivity contribution in [3.05, 3.63) is 66.7 Å². The van der Waals surface area contributed by atoms with Crippen LogP contribution in [-0.2, 0) is 7.05 Å². The summed E-state index contributed by atoms with van der Waals surface area (Å²) >= 11 is 0. The number of carbonyl (C=O) groups is 1. The number of aryl methyl sites for hydroxylation is 1. The lowest BCUT2D eigenvalue weighted by molar-refractivity contribution is 0.102. The van der Waals surface area contributed by atoms with Gasteiger partial charge in [-0.15, -0.1) is 0 Å². The fourth-order valence-electron chi connectivity index (χ4n) is 2.25. The Hall–Kier alpha value is -3.28. The predicted molar refractivity (Wildman–Crippen MR) is 96.9 cm³/mol. The van der Waals surface area contributed by atoms with Crippen LogP contribution >= 0.6 is 0 Å². The molecule has 0 saturated heterocycles. The zero-order valence-corrected chi connectivity index (χ0v) is 13.6. The van der Waals surface area contributed by atoms with Crippen molar-refractivity contribution in [2.24, 2.45) is 7.05 Å². The monoisotopic (exact) mass is 321 g/mol. The SMILES string of the molecule is CNc1ccc(Nc2ccc(NC(=O)c3cn(C)cn3)cc2)cc1. The average molecular weight is 321 g/mol. The fourth-order valence-corrected chi connectivity index (χ4v) is 2.25. The summed E-state index contributed by atoms with van der Waals surface area (Å²) in [6.45, 7) is 0. The smallest absolute Gasteiger partial charge is 0.275 e. The van der Waals surface area contributed by atoms with Gasteiger partial charge in [-0.2, -0.15) is 0 Å².